The van der Waals surface area contributed by atoms with E-state index in [0.29, 0.717) is 5.71 Å². The molecule has 34 heavy (non-hydrogen) atoms. The van der Waals surface area contributed by atoms with Crippen LogP contribution in [0.1, 0.15) is 23.1 Å². The van der Waals surface area contributed by atoms with Gasteiger partial charge in [0.15, 0.2) is 0 Å². The van der Waals surface area contributed by atoms with Crippen molar-refractivity contribution in [2.24, 2.45) is 26.7 Å². The summed E-state index contributed by atoms with van der Waals surface area (Å²) in [5, 5.41) is 8.65. The smallest absolute Gasteiger partial charge is 0.211 e. The van der Waals surface area contributed by atoms with Crippen molar-refractivity contribution < 1.29 is 4.39 Å². The Bertz CT molecular complexity index is 1380. The van der Waals surface area contributed by atoms with Gasteiger partial charge in [0.25, 0.3) is 0 Å². The Hall–Kier alpha value is -4.17. The number of nitrogens with zero attached hydrogens (tertiary/aromatic N) is 4. The van der Waals surface area contributed by atoms with Gasteiger partial charge in [-0.1, -0.05) is 48.5 Å². The van der Waals surface area contributed by atoms with E-state index in [1.165, 1.54) is 23.5 Å². The van der Waals surface area contributed by atoms with Gasteiger partial charge in [0.05, 0.1) is 22.0 Å². The van der Waals surface area contributed by atoms with E-state index in [1.807, 2.05) is 68.6 Å². The minimum absolute atomic E-state index is 0.0857. The van der Waals surface area contributed by atoms with Gasteiger partial charge in [-0.05, 0) is 54.8 Å². The highest BCUT2D eigenvalue weighted by Gasteiger charge is 2.12. The van der Waals surface area contributed by atoms with Crippen LogP contribution in [0.2, 0.25) is 0 Å². The van der Waals surface area contributed by atoms with E-state index < -0.39 is 0 Å². The van der Waals surface area contributed by atoms with Gasteiger partial charge in [0, 0.05) is 11.8 Å². The van der Waals surface area contributed by atoms with Crippen LogP contribution in [0, 0.1) is 12.7 Å². The minimum atomic E-state index is -0.243. The lowest BCUT2D eigenvalue weighted by molar-refractivity contribution is 0.628. The molecule has 1 heterocycles. The van der Waals surface area contributed by atoms with Crippen molar-refractivity contribution in [1.82, 2.24) is 4.98 Å². The number of benzene rings is 3. The average molecular weight is 471 g/mol. The van der Waals surface area contributed by atoms with Gasteiger partial charge in [-0.25, -0.2) is 9.37 Å². The molecular weight excluding hydrogens is 447 g/mol. The van der Waals surface area contributed by atoms with Gasteiger partial charge in [-0.2, -0.15) is 5.10 Å². The molecule has 0 amide bonds. The van der Waals surface area contributed by atoms with Gasteiger partial charge in [0.2, 0.25) is 5.96 Å². The van der Waals surface area contributed by atoms with Crippen molar-refractivity contribution in [2.45, 2.75) is 13.8 Å². The van der Waals surface area contributed by atoms with Crippen LogP contribution in [0.4, 0.5) is 10.1 Å². The van der Waals surface area contributed by atoms with E-state index >= 15 is 0 Å². The van der Waals surface area contributed by atoms with Crippen LogP contribution in [0.5, 0.6) is 0 Å². The van der Waals surface area contributed by atoms with E-state index in [4.69, 9.17) is 11.5 Å². The van der Waals surface area contributed by atoms with Crippen LogP contribution in [0.3, 0.4) is 0 Å². The summed E-state index contributed by atoms with van der Waals surface area (Å²) in [5.74, 6) is -0.328. The molecular formula is C26H23FN6S. The van der Waals surface area contributed by atoms with Crippen molar-refractivity contribution in [1.29, 1.82) is 0 Å². The minimum Gasteiger partial charge on any atom is -0.369 e. The summed E-state index contributed by atoms with van der Waals surface area (Å²) in [7, 11) is 0. The molecule has 170 valence electrons. The first-order valence-corrected chi connectivity index (χ1v) is 11.3. The standard InChI is InChI=1S/C26H23FN6S/c1-16-24(17(2)32-33-26(28)29)34-25(31-16)21-4-3-5-23(14-21)30-15-18-6-8-19(9-7-18)20-10-12-22(27)13-11-20/h3-15H,1-2H3,(H4,28,29,33). The van der Waals surface area contributed by atoms with Crippen LogP contribution in [0.15, 0.2) is 88.0 Å². The molecule has 0 saturated heterocycles. The Labute approximate surface area is 201 Å². The Morgan fingerprint density at radius 1 is 0.912 bits per heavy atom. The molecule has 0 saturated carbocycles. The van der Waals surface area contributed by atoms with Gasteiger partial charge < -0.3 is 11.5 Å². The van der Waals surface area contributed by atoms with Crippen molar-refractivity contribution in [3.63, 3.8) is 0 Å². The normalized spacial score (nSPS) is 11.7. The molecule has 4 N–H and O–H groups in total. The van der Waals surface area contributed by atoms with Gasteiger partial charge in [-0.15, -0.1) is 16.4 Å². The van der Waals surface area contributed by atoms with Crippen LogP contribution in [-0.4, -0.2) is 22.9 Å². The highest BCUT2D eigenvalue weighted by atomic mass is 32.1. The summed E-state index contributed by atoms with van der Waals surface area (Å²) >= 11 is 1.53. The molecule has 4 aromatic rings. The summed E-state index contributed by atoms with van der Waals surface area (Å²) < 4.78 is 13.1. The van der Waals surface area contributed by atoms with Crippen LogP contribution >= 0.6 is 11.3 Å². The number of hydrogen-bond acceptors (Lipinski definition) is 5. The zero-order valence-electron chi connectivity index (χ0n) is 18.7. The van der Waals surface area contributed by atoms with Crippen molar-refractivity contribution in [3.8, 4) is 21.7 Å². The summed E-state index contributed by atoms with van der Waals surface area (Å²) in [5.41, 5.74) is 17.0. The average Bonchev–Trinajstić information content (AvgIpc) is 3.24. The molecule has 1 aromatic heterocycles. The maximum absolute atomic E-state index is 13.1. The highest BCUT2D eigenvalue weighted by molar-refractivity contribution is 7.17. The topological polar surface area (TPSA) is 102 Å². The molecule has 0 aliphatic carbocycles. The summed E-state index contributed by atoms with van der Waals surface area (Å²) in [6.07, 6.45) is 1.82. The van der Waals surface area contributed by atoms with Crippen LogP contribution in [-0.2, 0) is 0 Å². The molecule has 0 radical (unpaired) electrons. The fraction of sp³-hybridized carbons (Fsp3) is 0.0769. The molecule has 0 aliphatic heterocycles. The Balaban J connectivity index is 1.52. The second kappa shape index (κ2) is 10.2. The number of halogens is 1. The zero-order chi connectivity index (χ0) is 24.1. The molecule has 0 unspecified atom stereocenters. The number of guanidine groups is 1. The Morgan fingerprint density at radius 2 is 1.59 bits per heavy atom. The van der Waals surface area contributed by atoms with E-state index in [9.17, 15) is 4.39 Å². The third-order valence-corrected chi connectivity index (χ3v) is 6.30. The molecule has 8 heteroatoms. The Morgan fingerprint density at radius 3 is 2.26 bits per heavy atom. The molecule has 4 rings (SSSR count). The maximum atomic E-state index is 13.1. The third-order valence-electron chi connectivity index (χ3n) is 4.98. The summed E-state index contributed by atoms with van der Waals surface area (Å²) in [4.78, 5) is 10.2. The number of aliphatic imine (C=N–C) groups is 1. The molecule has 0 bridgehead atoms. The number of aromatic nitrogens is 1. The molecule has 3 aromatic carbocycles. The highest BCUT2D eigenvalue weighted by Crippen LogP contribution is 2.30. The SMILES string of the molecule is CC(=NN=C(N)N)c1sc(-c2cccc(N=Cc3ccc(-c4ccc(F)cc4)cc3)c2)nc1C. The summed E-state index contributed by atoms with van der Waals surface area (Å²) in [6.45, 7) is 3.78. The maximum Gasteiger partial charge on any atom is 0.211 e. The lowest BCUT2D eigenvalue weighted by atomic mass is 10.0. The molecule has 0 atom stereocenters. The lowest BCUT2D eigenvalue weighted by Crippen LogP contribution is -2.22. The third kappa shape index (κ3) is 5.60. The van der Waals surface area contributed by atoms with E-state index in [2.05, 4.69) is 20.2 Å². The number of hydrogen-bond donors (Lipinski definition) is 2. The first kappa shape index (κ1) is 23.0. The fourth-order valence-corrected chi connectivity index (χ4v) is 4.31. The second-order valence-corrected chi connectivity index (χ2v) is 8.58. The lowest BCUT2D eigenvalue weighted by Gasteiger charge is -2.02. The van der Waals surface area contributed by atoms with E-state index in [0.717, 1.165) is 43.5 Å². The zero-order valence-corrected chi connectivity index (χ0v) is 19.6. The number of nitrogens with two attached hydrogens (primary N) is 2. The van der Waals surface area contributed by atoms with E-state index in [1.54, 1.807) is 12.1 Å². The van der Waals surface area contributed by atoms with Crippen molar-refractivity contribution >= 4 is 34.9 Å². The largest absolute Gasteiger partial charge is 0.369 e. The van der Waals surface area contributed by atoms with Crippen LogP contribution < -0.4 is 11.5 Å². The first-order valence-electron chi connectivity index (χ1n) is 10.5. The number of rotatable bonds is 6. The quantitative estimate of drug-likeness (QED) is 0.215. The molecule has 0 aliphatic rings. The predicted molar refractivity (Wildman–Crippen MR) is 139 cm³/mol. The van der Waals surface area contributed by atoms with Crippen molar-refractivity contribution in [3.05, 3.63) is 94.7 Å². The Kier molecular flexibility index (Phi) is 6.89. The van der Waals surface area contributed by atoms with Gasteiger partial charge in [-0.3, -0.25) is 4.99 Å². The van der Waals surface area contributed by atoms with Crippen LogP contribution in [0.25, 0.3) is 21.7 Å². The summed E-state index contributed by atoms with van der Waals surface area (Å²) in [6, 6.07) is 22.3. The van der Waals surface area contributed by atoms with Gasteiger partial charge >= 0.3 is 0 Å². The van der Waals surface area contributed by atoms with Crippen molar-refractivity contribution in [2.75, 3.05) is 0 Å². The fourth-order valence-electron chi connectivity index (χ4n) is 3.31. The molecule has 6 nitrogen and oxygen atoms in total. The monoisotopic (exact) mass is 470 g/mol. The second-order valence-electron chi connectivity index (χ2n) is 7.58. The van der Waals surface area contributed by atoms with E-state index in [-0.39, 0.29) is 11.8 Å². The number of aryl methyl sites for hydroxylation is 1. The molecule has 0 fully saturated rings. The van der Waals surface area contributed by atoms with Gasteiger partial charge in [0.1, 0.15) is 10.8 Å². The predicted octanol–water partition coefficient (Wildman–Crippen LogP) is 5.67. The number of thiazole rings is 1. The first-order chi connectivity index (χ1) is 16.4. The molecule has 0 spiro atoms.